The zero-order chi connectivity index (χ0) is 13.4. The highest BCUT2D eigenvalue weighted by molar-refractivity contribution is 5.98. The number of nitrogens with zero attached hydrogens (tertiary/aromatic N) is 1. The van der Waals surface area contributed by atoms with Crippen LogP contribution >= 0.6 is 0 Å². The smallest absolute Gasteiger partial charge is 0.289 e. The molecule has 2 N–H and O–H groups in total. The van der Waals surface area contributed by atoms with Crippen LogP contribution in [0.4, 0.5) is 0 Å². The van der Waals surface area contributed by atoms with Gasteiger partial charge in [0.1, 0.15) is 5.58 Å². The largest absolute Gasteiger partial charge is 0.451 e. The average Bonchev–Trinajstić information content (AvgIpc) is 2.77. The minimum Gasteiger partial charge on any atom is -0.451 e. The number of likely N-dealkylation sites (tertiary alicyclic amines) is 1. The normalized spacial score (nSPS) is 17.1. The quantitative estimate of drug-likeness (QED) is 0.853. The molecular weight excluding hydrogens is 240 g/mol. The number of hydrogen-bond acceptors (Lipinski definition) is 3. The van der Waals surface area contributed by atoms with Gasteiger partial charge in [-0.1, -0.05) is 18.2 Å². The van der Waals surface area contributed by atoms with Crippen molar-refractivity contribution in [1.82, 2.24) is 4.90 Å². The van der Waals surface area contributed by atoms with Crippen molar-refractivity contribution in [2.45, 2.75) is 25.8 Å². The Morgan fingerprint density at radius 2 is 2.00 bits per heavy atom. The summed E-state index contributed by atoms with van der Waals surface area (Å²) in [7, 11) is 0. The van der Waals surface area contributed by atoms with Crippen molar-refractivity contribution in [3.8, 4) is 0 Å². The summed E-state index contributed by atoms with van der Waals surface area (Å²) in [5, 5.41) is 1.01. The first kappa shape index (κ1) is 12.2. The van der Waals surface area contributed by atoms with Crippen LogP contribution in [0.15, 0.2) is 28.7 Å². The number of furan rings is 1. The van der Waals surface area contributed by atoms with Crippen LogP contribution in [0.3, 0.4) is 0 Å². The van der Waals surface area contributed by atoms with E-state index in [4.69, 9.17) is 10.2 Å². The number of carbonyl (C=O) groups is 1. The Morgan fingerprint density at radius 1 is 1.32 bits per heavy atom. The Hall–Kier alpha value is -1.81. The molecule has 0 aliphatic carbocycles. The third-order valence-corrected chi connectivity index (χ3v) is 3.86. The molecule has 1 aliphatic rings. The first-order valence-corrected chi connectivity index (χ1v) is 6.70. The highest BCUT2D eigenvalue weighted by atomic mass is 16.3. The lowest BCUT2D eigenvalue weighted by atomic mass is 10.1. The number of benzene rings is 1. The van der Waals surface area contributed by atoms with Crippen LogP contribution in [0.2, 0.25) is 0 Å². The molecule has 19 heavy (non-hydrogen) atoms. The molecule has 4 heteroatoms. The van der Waals surface area contributed by atoms with Crippen LogP contribution in [0, 0.1) is 6.92 Å². The van der Waals surface area contributed by atoms with E-state index in [1.165, 1.54) is 0 Å². The van der Waals surface area contributed by atoms with Gasteiger partial charge in [0.2, 0.25) is 0 Å². The van der Waals surface area contributed by atoms with Gasteiger partial charge in [0.25, 0.3) is 5.91 Å². The van der Waals surface area contributed by atoms with Gasteiger partial charge in [0.15, 0.2) is 5.76 Å². The predicted molar refractivity (Wildman–Crippen MR) is 74.1 cm³/mol. The summed E-state index contributed by atoms with van der Waals surface area (Å²) >= 11 is 0. The van der Waals surface area contributed by atoms with Gasteiger partial charge in [0, 0.05) is 30.1 Å². The molecule has 0 radical (unpaired) electrons. The van der Waals surface area contributed by atoms with Crippen molar-refractivity contribution >= 4 is 16.9 Å². The lowest BCUT2D eigenvalue weighted by molar-refractivity contribution is 0.0684. The number of nitrogens with two attached hydrogens (primary N) is 1. The van der Waals surface area contributed by atoms with Crippen molar-refractivity contribution in [2.24, 2.45) is 5.73 Å². The van der Waals surface area contributed by atoms with Gasteiger partial charge in [-0.05, 0) is 25.8 Å². The van der Waals surface area contributed by atoms with E-state index in [-0.39, 0.29) is 11.9 Å². The average molecular weight is 258 g/mol. The fraction of sp³-hybridized carbons (Fsp3) is 0.400. The molecule has 0 bridgehead atoms. The minimum absolute atomic E-state index is 0.0133. The molecule has 1 aromatic heterocycles. The Morgan fingerprint density at radius 3 is 2.68 bits per heavy atom. The van der Waals surface area contributed by atoms with E-state index in [1.807, 2.05) is 36.1 Å². The summed E-state index contributed by atoms with van der Waals surface area (Å²) in [5.74, 6) is 0.456. The second kappa shape index (κ2) is 4.70. The molecular formula is C15H18N2O2. The second-order valence-corrected chi connectivity index (χ2v) is 5.18. The van der Waals surface area contributed by atoms with Crippen LogP contribution in [0.5, 0.6) is 0 Å². The van der Waals surface area contributed by atoms with Gasteiger partial charge in [-0.2, -0.15) is 0 Å². The SMILES string of the molecule is Cc1c(C(=O)N2CCC(N)CC2)oc2ccccc12. The minimum atomic E-state index is -0.0133. The maximum Gasteiger partial charge on any atom is 0.289 e. The van der Waals surface area contributed by atoms with Crippen LogP contribution in [-0.2, 0) is 0 Å². The maximum atomic E-state index is 12.5. The fourth-order valence-electron chi connectivity index (χ4n) is 2.62. The molecule has 0 atom stereocenters. The molecule has 0 spiro atoms. The number of para-hydroxylation sites is 1. The Kier molecular flexibility index (Phi) is 3.03. The van der Waals surface area contributed by atoms with Crippen LogP contribution in [-0.4, -0.2) is 29.9 Å². The number of carbonyl (C=O) groups excluding carboxylic acids is 1. The highest BCUT2D eigenvalue weighted by Gasteiger charge is 2.26. The molecule has 2 heterocycles. The predicted octanol–water partition coefficient (Wildman–Crippen LogP) is 2.30. The zero-order valence-corrected chi connectivity index (χ0v) is 11.1. The zero-order valence-electron chi connectivity index (χ0n) is 11.1. The molecule has 100 valence electrons. The van der Waals surface area contributed by atoms with E-state index >= 15 is 0 Å². The lowest BCUT2D eigenvalue weighted by Gasteiger charge is -2.29. The second-order valence-electron chi connectivity index (χ2n) is 5.18. The van der Waals surface area contributed by atoms with Gasteiger partial charge in [0.05, 0.1) is 0 Å². The van der Waals surface area contributed by atoms with E-state index in [9.17, 15) is 4.79 Å². The molecule has 3 rings (SSSR count). The molecule has 1 saturated heterocycles. The number of rotatable bonds is 1. The van der Waals surface area contributed by atoms with Crippen molar-refractivity contribution in [2.75, 3.05) is 13.1 Å². The van der Waals surface area contributed by atoms with E-state index in [1.54, 1.807) is 0 Å². The van der Waals surface area contributed by atoms with Gasteiger partial charge >= 0.3 is 0 Å². The third kappa shape index (κ3) is 2.12. The summed E-state index contributed by atoms with van der Waals surface area (Å²) < 4.78 is 5.72. The molecule has 1 aliphatic heterocycles. The van der Waals surface area contributed by atoms with E-state index in [0.29, 0.717) is 5.76 Å². The topological polar surface area (TPSA) is 59.5 Å². The standard InChI is InChI=1S/C15H18N2O2/c1-10-12-4-2-3-5-13(12)19-14(10)15(18)17-8-6-11(16)7-9-17/h2-5,11H,6-9,16H2,1H3. The number of aryl methyl sites for hydroxylation is 1. The summed E-state index contributed by atoms with van der Waals surface area (Å²) in [6.45, 7) is 3.38. The molecule has 4 nitrogen and oxygen atoms in total. The van der Waals surface area contributed by atoms with Crippen molar-refractivity contribution in [1.29, 1.82) is 0 Å². The van der Waals surface area contributed by atoms with E-state index in [2.05, 4.69) is 0 Å². The number of amides is 1. The van der Waals surface area contributed by atoms with Gasteiger partial charge < -0.3 is 15.1 Å². The number of fused-ring (bicyclic) bond motifs is 1. The maximum absolute atomic E-state index is 12.5. The van der Waals surface area contributed by atoms with Crippen molar-refractivity contribution in [3.05, 3.63) is 35.6 Å². The van der Waals surface area contributed by atoms with Crippen LogP contribution in [0.25, 0.3) is 11.0 Å². The molecule has 0 unspecified atom stereocenters. The van der Waals surface area contributed by atoms with Crippen LogP contribution in [0.1, 0.15) is 29.0 Å². The summed E-state index contributed by atoms with van der Waals surface area (Å²) in [6.07, 6.45) is 1.73. The summed E-state index contributed by atoms with van der Waals surface area (Å²) in [4.78, 5) is 14.3. The third-order valence-electron chi connectivity index (χ3n) is 3.86. The van der Waals surface area contributed by atoms with Crippen LogP contribution < -0.4 is 5.73 Å². The molecule has 1 aromatic carbocycles. The number of hydrogen-bond donors (Lipinski definition) is 1. The first-order chi connectivity index (χ1) is 9.16. The molecule has 1 amide bonds. The van der Waals surface area contributed by atoms with E-state index in [0.717, 1.165) is 42.5 Å². The molecule has 1 fully saturated rings. The first-order valence-electron chi connectivity index (χ1n) is 6.70. The lowest BCUT2D eigenvalue weighted by Crippen LogP contribution is -2.42. The summed E-state index contributed by atoms with van der Waals surface area (Å²) in [6, 6.07) is 7.97. The van der Waals surface area contributed by atoms with Gasteiger partial charge in [-0.15, -0.1) is 0 Å². The Bertz CT molecular complexity index is 610. The Labute approximate surface area is 112 Å². The highest BCUT2D eigenvalue weighted by Crippen LogP contribution is 2.26. The molecule has 0 saturated carbocycles. The fourth-order valence-corrected chi connectivity index (χ4v) is 2.62. The van der Waals surface area contributed by atoms with Gasteiger partial charge in [-0.25, -0.2) is 0 Å². The van der Waals surface area contributed by atoms with Crippen molar-refractivity contribution in [3.63, 3.8) is 0 Å². The van der Waals surface area contributed by atoms with Gasteiger partial charge in [-0.3, -0.25) is 4.79 Å². The molecule has 2 aromatic rings. The van der Waals surface area contributed by atoms with Crippen molar-refractivity contribution < 1.29 is 9.21 Å². The monoisotopic (exact) mass is 258 g/mol. The van der Waals surface area contributed by atoms with E-state index < -0.39 is 0 Å². The Balaban J connectivity index is 1.91. The summed E-state index contributed by atoms with van der Waals surface area (Å²) in [5.41, 5.74) is 7.57. The number of piperidine rings is 1.